The lowest BCUT2D eigenvalue weighted by Crippen LogP contribution is -2.47. The molecule has 152 valence electrons. The van der Waals surface area contributed by atoms with Crippen molar-refractivity contribution in [1.82, 2.24) is 9.97 Å². The summed E-state index contributed by atoms with van der Waals surface area (Å²) in [5.74, 6) is 1.07. The maximum atomic E-state index is 4.75. The fourth-order valence-electron chi connectivity index (χ4n) is 4.41. The zero-order chi connectivity index (χ0) is 20.7. The number of anilines is 2. The molecule has 0 saturated carbocycles. The SMILES string of the molecule is Cc1cccc(N2CCN(c3ncnc4scc(-c5ccc(C)cc5C)c34)CC2)c1. The van der Waals surface area contributed by atoms with Gasteiger partial charge in [0.25, 0.3) is 0 Å². The number of rotatable bonds is 3. The van der Waals surface area contributed by atoms with Crippen LogP contribution in [0.15, 0.2) is 54.2 Å². The number of hydrogen-bond donors (Lipinski definition) is 0. The summed E-state index contributed by atoms with van der Waals surface area (Å²) in [5.41, 5.74) is 7.75. The predicted octanol–water partition coefficient (Wildman–Crippen LogP) is 5.61. The Bertz CT molecular complexity index is 1200. The molecule has 0 radical (unpaired) electrons. The van der Waals surface area contributed by atoms with Crippen LogP contribution in [-0.2, 0) is 0 Å². The Morgan fingerprint density at radius 3 is 2.33 bits per heavy atom. The standard InChI is InChI=1S/C25H26N4S/c1-17-5-4-6-20(14-17)28-9-11-29(12-10-28)24-23-22(15-30-25(23)27-16-26-24)21-8-7-18(2)13-19(21)3/h4-8,13-16H,9-12H2,1-3H3. The number of piperazine rings is 1. The highest BCUT2D eigenvalue weighted by atomic mass is 32.1. The first-order chi connectivity index (χ1) is 14.6. The maximum absolute atomic E-state index is 4.75. The number of nitrogens with zero attached hydrogens (tertiary/aromatic N) is 4. The van der Waals surface area contributed by atoms with E-state index in [-0.39, 0.29) is 0 Å². The Kier molecular flexibility index (Phi) is 4.91. The molecule has 1 aliphatic rings. The Labute approximate surface area is 181 Å². The molecule has 0 spiro atoms. The summed E-state index contributed by atoms with van der Waals surface area (Å²) in [4.78, 5) is 15.3. The fourth-order valence-corrected chi connectivity index (χ4v) is 5.32. The lowest BCUT2D eigenvalue weighted by atomic mass is 9.99. The molecule has 1 saturated heterocycles. The second-order valence-corrected chi connectivity index (χ2v) is 9.02. The molecule has 30 heavy (non-hydrogen) atoms. The van der Waals surface area contributed by atoms with Crippen LogP contribution in [-0.4, -0.2) is 36.1 Å². The van der Waals surface area contributed by atoms with Crippen LogP contribution in [0.1, 0.15) is 16.7 Å². The molecule has 1 fully saturated rings. The minimum absolute atomic E-state index is 0.961. The second-order valence-electron chi connectivity index (χ2n) is 8.16. The topological polar surface area (TPSA) is 32.3 Å². The first kappa shape index (κ1) is 19.1. The molecule has 5 rings (SSSR count). The summed E-state index contributed by atoms with van der Waals surface area (Å²) < 4.78 is 0. The van der Waals surface area contributed by atoms with Crippen molar-refractivity contribution in [3.63, 3.8) is 0 Å². The van der Waals surface area contributed by atoms with Crippen LogP contribution in [0.2, 0.25) is 0 Å². The highest BCUT2D eigenvalue weighted by Gasteiger charge is 2.23. The van der Waals surface area contributed by atoms with Gasteiger partial charge in [-0.25, -0.2) is 9.97 Å². The van der Waals surface area contributed by atoms with Gasteiger partial charge in [0, 0.05) is 42.8 Å². The van der Waals surface area contributed by atoms with E-state index in [1.807, 2.05) is 0 Å². The van der Waals surface area contributed by atoms with Crippen LogP contribution in [0.3, 0.4) is 0 Å². The summed E-state index contributed by atoms with van der Waals surface area (Å²) in [6.07, 6.45) is 1.72. The molecule has 3 heterocycles. The van der Waals surface area contributed by atoms with E-state index in [4.69, 9.17) is 4.98 Å². The molecule has 4 aromatic rings. The minimum atomic E-state index is 0.961. The molecule has 0 aliphatic carbocycles. The summed E-state index contributed by atoms with van der Waals surface area (Å²) >= 11 is 1.71. The van der Waals surface area contributed by atoms with Gasteiger partial charge < -0.3 is 9.80 Å². The highest BCUT2D eigenvalue weighted by Crippen LogP contribution is 2.39. The molecule has 2 aromatic carbocycles. The normalized spacial score (nSPS) is 14.5. The maximum Gasteiger partial charge on any atom is 0.141 e. The summed E-state index contributed by atoms with van der Waals surface area (Å²) in [7, 11) is 0. The van der Waals surface area contributed by atoms with Gasteiger partial charge in [0.2, 0.25) is 0 Å². The van der Waals surface area contributed by atoms with E-state index in [1.165, 1.54) is 38.9 Å². The Morgan fingerprint density at radius 2 is 1.57 bits per heavy atom. The van der Waals surface area contributed by atoms with Crippen molar-refractivity contribution in [3.8, 4) is 11.1 Å². The van der Waals surface area contributed by atoms with Crippen molar-refractivity contribution in [2.24, 2.45) is 0 Å². The molecule has 0 atom stereocenters. The molecule has 0 amide bonds. The molecular weight excluding hydrogens is 388 g/mol. The first-order valence-electron chi connectivity index (χ1n) is 10.5. The smallest absolute Gasteiger partial charge is 0.141 e. The molecule has 0 N–H and O–H groups in total. The van der Waals surface area contributed by atoms with Gasteiger partial charge in [0.05, 0.1) is 5.39 Å². The largest absolute Gasteiger partial charge is 0.368 e. The summed E-state index contributed by atoms with van der Waals surface area (Å²) in [6, 6.07) is 15.5. The number of aromatic nitrogens is 2. The quantitative estimate of drug-likeness (QED) is 0.436. The molecule has 5 heteroatoms. The summed E-state index contributed by atoms with van der Waals surface area (Å²) in [6.45, 7) is 10.4. The van der Waals surface area contributed by atoms with E-state index >= 15 is 0 Å². The molecule has 1 aliphatic heterocycles. The van der Waals surface area contributed by atoms with Crippen molar-refractivity contribution in [2.75, 3.05) is 36.0 Å². The third kappa shape index (κ3) is 3.43. The van der Waals surface area contributed by atoms with E-state index in [9.17, 15) is 0 Å². The molecule has 2 aromatic heterocycles. The van der Waals surface area contributed by atoms with Crippen molar-refractivity contribution in [3.05, 3.63) is 70.9 Å². The highest BCUT2D eigenvalue weighted by molar-refractivity contribution is 7.17. The Balaban J connectivity index is 1.48. The predicted molar refractivity (Wildman–Crippen MR) is 128 cm³/mol. The zero-order valence-corrected chi connectivity index (χ0v) is 18.5. The van der Waals surface area contributed by atoms with E-state index in [1.54, 1.807) is 17.7 Å². The number of aryl methyl sites for hydroxylation is 3. The number of fused-ring (bicyclic) bond motifs is 1. The van der Waals surface area contributed by atoms with Gasteiger partial charge in [0.15, 0.2) is 0 Å². The Hall–Kier alpha value is -2.92. The third-order valence-electron chi connectivity index (χ3n) is 5.97. The van der Waals surface area contributed by atoms with Crippen LogP contribution in [0.25, 0.3) is 21.3 Å². The molecule has 4 nitrogen and oxygen atoms in total. The minimum Gasteiger partial charge on any atom is -0.368 e. The van der Waals surface area contributed by atoms with Gasteiger partial charge in [-0.15, -0.1) is 11.3 Å². The van der Waals surface area contributed by atoms with E-state index in [0.29, 0.717) is 0 Å². The van der Waals surface area contributed by atoms with Crippen molar-refractivity contribution >= 4 is 33.1 Å². The van der Waals surface area contributed by atoms with Gasteiger partial charge in [0.1, 0.15) is 17.0 Å². The number of hydrogen-bond acceptors (Lipinski definition) is 5. The third-order valence-corrected chi connectivity index (χ3v) is 6.85. The fraction of sp³-hybridized carbons (Fsp3) is 0.280. The summed E-state index contributed by atoms with van der Waals surface area (Å²) in [5, 5.41) is 3.43. The lowest BCUT2D eigenvalue weighted by molar-refractivity contribution is 0.649. The van der Waals surface area contributed by atoms with Gasteiger partial charge in [-0.3, -0.25) is 0 Å². The van der Waals surface area contributed by atoms with Crippen LogP contribution in [0, 0.1) is 20.8 Å². The molecule has 0 bridgehead atoms. The van der Waals surface area contributed by atoms with Crippen molar-refractivity contribution < 1.29 is 0 Å². The second kappa shape index (κ2) is 7.73. The van der Waals surface area contributed by atoms with Crippen LogP contribution in [0.5, 0.6) is 0 Å². The van der Waals surface area contributed by atoms with E-state index in [0.717, 1.165) is 36.8 Å². The zero-order valence-electron chi connectivity index (χ0n) is 17.7. The molecular formula is C25H26N4S. The van der Waals surface area contributed by atoms with Crippen molar-refractivity contribution in [1.29, 1.82) is 0 Å². The first-order valence-corrected chi connectivity index (χ1v) is 11.3. The lowest BCUT2D eigenvalue weighted by Gasteiger charge is -2.37. The number of thiophene rings is 1. The van der Waals surface area contributed by atoms with Gasteiger partial charge >= 0.3 is 0 Å². The number of benzene rings is 2. The van der Waals surface area contributed by atoms with Crippen LogP contribution in [0.4, 0.5) is 11.5 Å². The van der Waals surface area contributed by atoms with Crippen molar-refractivity contribution in [2.45, 2.75) is 20.8 Å². The van der Waals surface area contributed by atoms with Crippen LogP contribution >= 0.6 is 11.3 Å². The average Bonchev–Trinajstić information content (AvgIpc) is 3.18. The van der Waals surface area contributed by atoms with E-state index in [2.05, 4.69) is 83.4 Å². The van der Waals surface area contributed by atoms with Gasteiger partial charge in [-0.05, 0) is 49.6 Å². The van der Waals surface area contributed by atoms with E-state index < -0.39 is 0 Å². The average molecular weight is 415 g/mol. The molecule has 0 unspecified atom stereocenters. The van der Waals surface area contributed by atoms with Gasteiger partial charge in [-0.2, -0.15) is 0 Å². The monoisotopic (exact) mass is 414 g/mol. The van der Waals surface area contributed by atoms with Gasteiger partial charge in [-0.1, -0.05) is 35.9 Å². The Morgan fingerprint density at radius 1 is 0.800 bits per heavy atom. The van der Waals surface area contributed by atoms with Crippen LogP contribution < -0.4 is 9.80 Å².